The van der Waals surface area contributed by atoms with Gasteiger partial charge in [-0.05, 0) is 43.2 Å². The Morgan fingerprint density at radius 2 is 1.90 bits per heavy atom. The molecule has 0 amide bonds. The monoisotopic (exact) mass is 266 g/mol. The standard InChI is InChI=1S/C17H18N2O/c1-12(20)6-5-9-19-13(2)18-16-10-14-7-3-4-8-15(14)11-17(16)19/h3-4,7-8,10-11H,5-6,9H2,1-2H3. The first-order chi connectivity index (χ1) is 9.65. The Labute approximate surface area is 118 Å². The van der Waals surface area contributed by atoms with Crippen LogP contribution in [-0.2, 0) is 11.3 Å². The quantitative estimate of drug-likeness (QED) is 0.718. The fourth-order valence-electron chi connectivity index (χ4n) is 2.70. The molecular weight excluding hydrogens is 248 g/mol. The van der Waals surface area contributed by atoms with Crippen LogP contribution in [-0.4, -0.2) is 15.3 Å². The summed E-state index contributed by atoms with van der Waals surface area (Å²) in [5, 5.41) is 2.45. The molecule has 0 saturated carbocycles. The van der Waals surface area contributed by atoms with Crippen molar-refractivity contribution in [1.82, 2.24) is 9.55 Å². The summed E-state index contributed by atoms with van der Waals surface area (Å²) in [6, 6.07) is 12.7. The van der Waals surface area contributed by atoms with E-state index in [0.717, 1.165) is 29.8 Å². The van der Waals surface area contributed by atoms with Crippen molar-refractivity contribution in [2.45, 2.75) is 33.2 Å². The largest absolute Gasteiger partial charge is 0.328 e. The van der Waals surface area contributed by atoms with Crippen LogP contribution in [0.15, 0.2) is 36.4 Å². The van der Waals surface area contributed by atoms with Crippen LogP contribution in [0.3, 0.4) is 0 Å². The predicted octanol–water partition coefficient (Wildman–Crippen LogP) is 3.87. The minimum atomic E-state index is 0.248. The highest BCUT2D eigenvalue weighted by atomic mass is 16.1. The van der Waals surface area contributed by atoms with Gasteiger partial charge >= 0.3 is 0 Å². The molecule has 3 nitrogen and oxygen atoms in total. The number of aryl methyl sites for hydroxylation is 2. The summed E-state index contributed by atoms with van der Waals surface area (Å²) in [4.78, 5) is 15.7. The van der Waals surface area contributed by atoms with Gasteiger partial charge in [-0.1, -0.05) is 24.3 Å². The number of fused-ring (bicyclic) bond motifs is 2. The van der Waals surface area contributed by atoms with E-state index in [4.69, 9.17) is 0 Å². The molecule has 0 bridgehead atoms. The zero-order valence-electron chi connectivity index (χ0n) is 11.9. The molecule has 0 fully saturated rings. The van der Waals surface area contributed by atoms with Gasteiger partial charge in [0.25, 0.3) is 0 Å². The molecule has 2 aromatic carbocycles. The van der Waals surface area contributed by atoms with Crippen LogP contribution in [0, 0.1) is 6.92 Å². The van der Waals surface area contributed by atoms with E-state index in [0.29, 0.717) is 6.42 Å². The Morgan fingerprint density at radius 3 is 2.60 bits per heavy atom. The molecule has 3 aromatic rings. The van der Waals surface area contributed by atoms with Gasteiger partial charge in [-0.25, -0.2) is 4.98 Å². The van der Waals surface area contributed by atoms with Crippen LogP contribution in [0.4, 0.5) is 0 Å². The van der Waals surface area contributed by atoms with Crippen molar-refractivity contribution in [3.8, 4) is 0 Å². The Balaban J connectivity index is 2.04. The molecule has 102 valence electrons. The minimum Gasteiger partial charge on any atom is -0.328 e. The van der Waals surface area contributed by atoms with Crippen LogP contribution >= 0.6 is 0 Å². The average Bonchev–Trinajstić information content (AvgIpc) is 2.71. The average molecular weight is 266 g/mol. The molecule has 0 atom stereocenters. The van der Waals surface area contributed by atoms with Gasteiger partial charge in [-0.15, -0.1) is 0 Å². The molecule has 0 radical (unpaired) electrons. The lowest BCUT2D eigenvalue weighted by molar-refractivity contribution is -0.117. The first-order valence-corrected chi connectivity index (χ1v) is 7.00. The zero-order chi connectivity index (χ0) is 14.1. The molecule has 0 spiro atoms. The van der Waals surface area contributed by atoms with E-state index in [2.05, 4.69) is 39.9 Å². The number of aromatic nitrogens is 2. The molecule has 20 heavy (non-hydrogen) atoms. The van der Waals surface area contributed by atoms with Crippen LogP contribution in [0.2, 0.25) is 0 Å². The highest BCUT2D eigenvalue weighted by Crippen LogP contribution is 2.23. The van der Waals surface area contributed by atoms with Crippen LogP contribution < -0.4 is 0 Å². The summed E-state index contributed by atoms with van der Waals surface area (Å²) in [5.74, 6) is 1.26. The molecule has 3 rings (SSSR count). The number of hydrogen-bond donors (Lipinski definition) is 0. The molecule has 3 heteroatoms. The van der Waals surface area contributed by atoms with Gasteiger partial charge in [0.2, 0.25) is 0 Å². The maximum Gasteiger partial charge on any atom is 0.129 e. The molecule has 0 aliphatic heterocycles. The lowest BCUT2D eigenvalue weighted by Gasteiger charge is -2.06. The van der Waals surface area contributed by atoms with Gasteiger partial charge in [0.1, 0.15) is 11.6 Å². The second-order valence-electron chi connectivity index (χ2n) is 5.30. The lowest BCUT2D eigenvalue weighted by atomic mass is 10.1. The van der Waals surface area contributed by atoms with Gasteiger partial charge in [-0.2, -0.15) is 0 Å². The Hall–Kier alpha value is -2.16. The second kappa shape index (κ2) is 5.08. The van der Waals surface area contributed by atoms with Crippen LogP contribution in [0.1, 0.15) is 25.6 Å². The van der Waals surface area contributed by atoms with E-state index in [1.54, 1.807) is 6.92 Å². The van der Waals surface area contributed by atoms with E-state index >= 15 is 0 Å². The normalized spacial score (nSPS) is 11.3. The second-order valence-corrected chi connectivity index (χ2v) is 5.30. The van der Waals surface area contributed by atoms with E-state index < -0.39 is 0 Å². The number of benzene rings is 2. The highest BCUT2D eigenvalue weighted by molar-refractivity contribution is 5.95. The molecule has 0 N–H and O–H groups in total. The fraction of sp³-hybridized carbons (Fsp3) is 0.294. The van der Waals surface area contributed by atoms with E-state index in [-0.39, 0.29) is 5.78 Å². The summed E-state index contributed by atoms with van der Waals surface area (Å²) in [7, 11) is 0. The number of Topliss-reactive ketones (excluding diaryl/α,β-unsaturated/α-hetero) is 1. The number of ketones is 1. The van der Waals surface area contributed by atoms with Crippen LogP contribution in [0.25, 0.3) is 21.8 Å². The molecule has 0 aliphatic carbocycles. The number of nitrogens with zero attached hydrogens (tertiary/aromatic N) is 2. The Bertz CT molecular complexity index is 786. The van der Waals surface area contributed by atoms with E-state index in [9.17, 15) is 4.79 Å². The third-order valence-corrected chi connectivity index (χ3v) is 3.72. The van der Waals surface area contributed by atoms with Crippen molar-refractivity contribution in [3.63, 3.8) is 0 Å². The summed E-state index contributed by atoms with van der Waals surface area (Å²) < 4.78 is 2.21. The number of carbonyl (C=O) groups excluding carboxylic acids is 1. The Kier molecular flexibility index (Phi) is 3.26. The van der Waals surface area contributed by atoms with Crippen molar-refractivity contribution < 1.29 is 4.79 Å². The third-order valence-electron chi connectivity index (χ3n) is 3.72. The van der Waals surface area contributed by atoms with Gasteiger partial charge in [0.15, 0.2) is 0 Å². The van der Waals surface area contributed by atoms with Gasteiger partial charge in [-0.3, -0.25) is 0 Å². The van der Waals surface area contributed by atoms with E-state index in [1.807, 2.05) is 13.0 Å². The number of hydrogen-bond acceptors (Lipinski definition) is 2. The SMILES string of the molecule is CC(=O)CCCn1c(C)nc2cc3ccccc3cc21. The maximum absolute atomic E-state index is 11.1. The van der Waals surface area contributed by atoms with Crippen molar-refractivity contribution in [3.05, 3.63) is 42.2 Å². The first-order valence-electron chi connectivity index (χ1n) is 7.00. The topological polar surface area (TPSA) is 34.9 Å². The molecule has 0 saturated heterocycles. The zero-order valence-corrected chi connectivity index (χ0v) is 11.9. The Morgan fingerprint density at radius 1 is 1.20 bits per heavy atom. The fourth-order valence-corrected chi connectivity index (χ4v) is 2.70. The maximum atomic E-state index is 11.1. The lowest BCUT2D eigenvalue weighted by Crippen LogP contribution is -2.02. The predicted molar refractivity (Wildman–Crippen MR) is 81.9 cm³/mol. The molecule has 1 aromatic heterocycles. The summed E-state index contributed by atoms with van der Waals surface area (Å²) in [6.45, 7) is 4.52. The number of rotatable bonds is 4. The third kappa shape index (κ3) is 2.31. The first kappa shape index (κ1) is 12.9. The summed E-state index contributed by atoms with van der Waals surface area (Å²) in [6.07, 6.45) is 1.50. The van der Waals surface area contributed by atoms with Crippen molar-refractivity contribution in [2.24, 2.45) is 0 Å². The summed E-state index contributed by atoms with van der Waals surface area (Å²) in [5.41, 5.74) is 2.19. The van der Waals surface area contributed by atoms with Gasteiger partial charge in [0.05, 0.1) is 11.0 Å². The van der Waals surface area contributed by atoms with Crippen LogP contribution in [0.5, 0.6) is 0 Å². The minimum absolute atomic E-state index is 0.248. The number of imidazole rings is 1. The summed E-state index contributed by atoms with van der Waals surface area (Å²) >= 11 is 0. The number of carbonyl (C=O) groups is 1. The van der Waals surface area contributed by atoms with Crippen molar-refractivity contribution in [2.75, 3.05) is 0 Å². The van der Waals surface area contributed by atoms with Crippen molar-refractivity contribution in [1.29, 1.82) is 0 Å². The molecular formula is C17H18N2O. The smallest absolute Gasteiger partial charge is 0.129 e. The van der Waals surface area contributed by atoms with Crippen molar-refractivity contribution >= 4 is 27.6 Å². The van der Waals surface area contributed by atoms with Gasteiger partial charge < -0.3 is 9.36 Å². The highest BCUT2D eigenvalue weighted by Gasteiger charge is 2.08. The molecule has 0 unspecified atom stereocenters. The van der Waals surface area contributed by atoms with E-state index in [1.165, 1.54) is 10.8 Å². The molecule has 0 aliphatic rings. The molecule has 1 heterocycles. The van der Waals surface area contributed by atoms with Gasteiger partial charge in [0, 0.05) is 13.0 Å².